The van der Waals surface area contributed by atoms with Crippen LogP contribution in [0.2, 0.25) is 0 Å². The van der Waals surface area contributed by atoms with Gasteiger partial charge in [-0.1, -0.05) is 57.2 Å². The smallest absolute Gasteiger partial charge is 0.00431 e. The van der Waals surface area contributed by atoms with Gasteiger partial charge in [-0.25, -0.2) is 0 Å². The molecule has 0 radical (unpaired) electrons. The number of allylic oxidation sites excluding steroid dienone is 3. The number of rotatable bonds is 3. The molecule has 2 rings (SSSR count). The highest BCUT2D eigenvalue weighted by atomic mass is 14.9. The standard InChI is InChI=1S/C21H31N/c1-6-8-16-9-10-18(21(3,4)5)15-20(16)19(7-2)17-11-13-22-14-12-17/h6-10,15,17,22H,11-14H2,1-5H3/b8-6-,19-7-. The van der Waals surface area contributed by atoms with E-state index >= 15 is 0 Å². The predicted molar refractivity (Wildman–Crippen MR) is 99.1 cm³/mol. The zero-order valence-corrected chi connectivity index (χ0v) is 14.9. The molecular formula is C21H31N. The van der Waals surface area contributed by atoms with Crippen LogP contribution < -0.4 is 5.32 Å². The molecule has 0 aromatic heterocycles. The van der Waals surface area contributed by atoms with E-state index in [1.54, 1.807) is 0 Å². The Hall–Kier alpha value is -1.34. The van der Waals surface area contributed by atoms with E-state index in [9.17, 15) is 0 Å². The molecule has 0 aliphatic carbocycles. The average Bonchev–Trinajstić information content (AvgIpc) is 2.50. The molecule has 1 aliphatic rings. The Kier molecular flexibility index (Phi) is 5.63. The summed E-state index contributed by atoms with van der Waals surface area (Å²) in [5.74, 6) is 0.686. The van der Waals surface area contributed by atoms with Crippen LogP contribution in [-0.2, 0) is 5.41 Å². The third-order valence-corrected chi connectivity index (χ3v) is 4.67. The fraction of sp³-hybridized carbons (Fsp3) is 0.524. The first-order valence-corrected chi connectivity index (χ1v) is 8.62. The number of benzene rings is 1. The van der Waals surface area contributed by atoms with Gasteiger partial charge >= 0.3 is 0 Å². The third-order valence-electron chi connectivity index (χ3n) is 4.67. The zero-order valence-electron chi connectivity index (χ0n) is 14.9. The van der Waals surface area contributed by atoms with Gasteiger partial charge < -0.3 is 5.32 Å². The molecule has 0 saturated carbocycles. The lowest BCUT2D eigenvalue weighted by Crippen LogP contribution is -2.28. The molecule has 0 unspecified atom stereocenters. The number of hydrogen-bond donors (Lipinski definition) is 1. The SMILES string of the molecule is C/C=C\c1ccc(C(C)(C)C)cc1/C(=C\C)C1CCNCC1. The molecule has 0 atom stereocenters. The van der Waals surface area contributed by atoms with E-state index in [-0.39, 0.29) is 5.41 Å². The van der Waals surface area contributed by atoms with Crippen molar-refractivity contribution in [3.8, 4) is 0 Å². The van der Waals surface area contributed by atoms with E-state index in [4.69, 9.17) is 0 Å². The summed E-state index contributed by atoms with van der Waals surface area (Å²) in [6, 6.07) is 7.00. The Labute approximate surface area is 136 Å². The summed E-state index contributed by atoms with van der Waals surface area (Å²) in [6.45, 7) is 13.5. The maximum atomic E-state index is 3.48. The fourth-order valence-electron chi connectivity index (χ4n) is 3.34. The van der Waals surface area contributed by atoms with Crippen molar-refractivity contribution < 1.29 is 0 Å². The zero-order chi connectivity index (χ0) is 16.2. The Balaban J connectivity index is 2.48. The van der Waals surface area contributed by atoms with Gasteiger partial charge in [-0.05, 0) is 73.4 Å². The molecule has 1 heterocycles. The van der Waals surface area contributed by atoms with Gasteiger partial charge in [-0.3, -0.25) is 0 Å². The summed E-state index contributed by atoms with van der Waals surface area (Å²) in [5, 5.41) is 3.48. The van der Waals surface area contributed by atoms with Crippen LogP contribution in [-0.4, -0.2) is 13.1 Å². The fourth-order valence-corrected chi connectivity index (χ4v) is 3.34. The first-order valence-electron chi connectivity index (χ1n) is 8.62. The summed E-state index contributed by atoms with van der Waals surface area (Å²) in [7, 11) is 0. The van der Waals surface area contributed by atoms with Crippen molar-refractivity contribution in [3.63, 3.8) is 0 Å². The second kappa shape index (κ2) is 7.28. The summed E-state index contributed by atoms with van der Waals surface area (Å²) in [5.41, 5.74) is 5.92. The Bertz CT molecular complexity index is 552. The third kappa shape index (κ3) is 3.89. The first kappa shape index (κ1) is 17.0. The van der Waals surface area contributed by atoms with Crippen LogP contribution in [0.15, 0.2) is 30.4 Å². The minimum atomic E-state index is 0.191. The molecule has 1 N–H and O–H groups in total. The number of piperidine rings is 1. The lowest BCUT2D eigenvalue weighted by atomic mass is 9.79. The van der Waals surface area contributed by atoms with Crippen LogP contribution in [0.25, 0.3) is 11.6 Å². The largest absolute Gasteiger partial charge is 0.317 e. The van der Waals surface area contributed by atoms with Gasteiger partial charge in [0.15, 0.2) is 0 Å². The summed E-state index contributed by atoms with van der Waals surface area (Å²) < 4.78 is 0. The van der Waals surface area contributed by atoms with Gasteiger partial charge in [-0.15, -0.1) is 0 Å². The Morgan fingerprint density at radius 2 is 1.82 bits per heavy atom. The normalized spacial score (nSPS) is 18.1. The second-order valence-corrected chi connectivity index (χ2v) is 7.32. The van der Waals surface area contributed by atoms with Gasteiger partial charge in [0.2, 0.25) is 0 Å². The molecule has 1 aromatic carbocycles. The molecule has 0 amide bonds. The predicted octanol–water partition coefficient (Wildman–Crippen LogP) is 5.42. The summed E-state index contributed by atoms with van der Waals surface area (Å²) in [6.07, 6.45) is 9.21. The number of hydrogen-bond acceptors (Lipinski definition) is 1. The van der Waals surface area contributed by atoms with E-state index in [1.165, 1.54) is 35.1 Å². The minimum Gasteiger partial charge on any atom is -0.317 e. The molecule has 1 nitrogen and oxygen atoms in total. The highest BCUT2D eigenvalue weighted by Gasteiger charge is 2.22. The van der Waals surface area contributed by atoms with E-state index < -0.39 is 0 Å². The van der Waals surface area contributed by atoms with Gasteiger partial charge in [-0.2, -0.15) is 0 Å². The molecule has 0 bridgehead atoms. The summed E-state index contributed by atoms with van der Waals surface area (Å²) >= 11 is 0. The van der Waals surface area contributed by atoms with Crippen molar-refractivity contribution in [2.24, 2.45) is 5.92 Å². The molecule has 1 fully saturated rings. The van der Waals surface area contributed by atoms with Crippen molar-refractivity contribution >= 4 is 11.6 Å². The van der Waals surface area contributed by atoms with Crippen LogP contribution in [0.5, 0.6) is 0 Å². The number of nitrogens with one attached hydrogen (secondary N) is 1. The van der Waals surface area contributed by atoms with Gasteiger partial charge in [0.25, 0.3) is 0 Å². The van der Waals surface area contributed by atoms with Crippen LogP contribution in [0.4, 0.5) is 0 Å². The summed E-state index contributed by atoms with van der Waals surface area (Å²) in [4.78, 5) is 0. The molecule has 0 spiro atoms. The lowest BCUT2D eigenvalue weighted by Gasteiger charge is -2.28. The molecule has 1 aromatic rings. The van der Waals surface area contributed by atoms with Gasteiger partial charge in [0.1, 0.15) is 0 Å². The topological polar surface area (TPSA) is 12.0 Å². The Morgan fingerprint density at radius 1 is 1.14 bits per heavy atom. The van der Waals surface area contributed by atoms with Crippen LogP contribution in [0, 0.1) is 5.92 Å². The maximum Gasteiger partial charge on any atom is -0.00431 e. The first-order chi connectivity index (χ1) is 10.5. The highest BCUT2D eigenvalue weighted by Crippen LogP contribution is 2.35. The van der Waals surface area contributed by atoms with Gasteiger partial charge in [0.05, 0.1) is 0 Å². The molecule has 1 heteroatoms. The van der Waals surface area contributed by atoms with Crippen molar-refractivity contribution in [2.75, 3.05) is 13.1 Å². The minimum absolute atomic E-state index is 0.191. The van der Waals surface area contributed by atoms with E-state index in [0.717, 1.165) is 13.1 Å². The van der Waals surface area contributed by atoms with Crippen LogP contribution in [0.3, 0.4) is 0 Å². The lowest BCUT2D eigenvalue weighted by molar-refractivity contribution is 0.446. The maximum absolute atomic E-state index is 3.48. The van der Waals surface area contributed by atoms with Crippen LogP contribution >= 0.6 is 0 Å². The average molecular weight is 297 g/mol. The second-order valence-electron chi connectivity index (χ2n) is 7.32. The van der Waals surface area contributed by atoms with E-state index in [0.29, 0.717) is 5.92 Å². The molecular weight excluding hydrogens is 266 g/mol. The molecule has 1 saturated heterocycles. The highest BCUT2D eigenvalue weighted by molar-refractivity contribution is 5.76. The quantitative estimate of drug-likeness (QED) is 0.785. The van der Waals surface area contributed by atoms with Crippen molar-refractivity contribution in [1.29, 1.82) is 0 Å². The van der Waals surface area contributed by atoms with E-state index in [2.05, 4.69) is 76.4 Å². The van der Waals surface area contributed by atoms with E-state index in [1.807, 2.05) is 0 Å². The molecule has 1 aliphatic heterocycles. The molecule has 22 heavy (non-hydrogen) atoms. The van der Waals surface area contributed by atoms with Gasteiger partial charge in [0, 0.05) is 0 Å². The monoisotopic (exact) mass is 297 g/mol. The van der Waals surface area contributed by atoms with Crippen molar-refractivity contribution in [2.45, 2.75) is 52.9 Å². The molecule has 120 valence electrons. The Morgan fingerprint density at radius 3 is 2.36 bits per heavy atom. The van der Waals surface area contributed by atoms with Crippen LogP contribution in [0.1, 0.15) is 64.2 Å². The van der Waals surface area contributed by atoms with Crippen molar-refractivity contribution in [1.82, 2.24) is 5.32 Å². The van der Waals surface area contributed by atoms with Crippen molar-refractivity contribution in [3.05, 3.63) is 47.0 Å².